The molecule has 0 saturated heterocycles. The average molecular weight is 370 g/mol. The van der Waals surface area contributed by atoms with Crippen LogP contribution < -0.4 is 0 Å². The van der Waals surface area contributed by atoms with Crippen molar-refractivity contribution in [2.24, 2.45) is 0 Å². The highest BCUT2D eigenvalue weighted by Crippen LogP contribution is 2.35. The molecule has 6 heteroatoms. The highest BCUT2D eigenvalue weighted by Gasteiger charge is 2.36. The van der Waals surface area contributed by atoms with E-state index in [2.05, 4.69) is 4.57 Å². The van der Waals surface area contributed by atoms with E-state index in [0.717, 1.165) is 11.3 Å². The summed E-state index contributed by atoms with van der Waals surface area (Å²) in [6, 6.07) is 18.9. The van der Waals surface area contributed by atoms with Crippen LogP contribution in [0, 0.1) is 5.82 Å². The van der Waals surface area contributed by atoms with Crippen LogP contribution in [0.25, 0.3) is 0 Å². The first-order valence-corrected chi connectivity index (χ1v) is 10.1. The number of rotatable bonds is 4. The molecule has 0 saturated carbocycles. The summed E-state index contributed by atoms with van der Waals surface area (Å²) in [4.78, 5) is 0. The van der Waals surface area contributed by atoms with Crippen molar-refractivity contribution in [3.63, 3.8) is 0 Å². The van der Waals surface area contributed by atoms with Gasteiger partial charge in [0.25, 0.3) is 0 Å². The van der Waals surface area contributed by atoms with Gasteiger partial charge in [-0.15, -0.1) is 0 Å². The zero-order chi connectivity index (χ0) is 18.1. The molecule has 0 aliphatic carbocycles. The summed E-state index contributed by atoms with van der Waals surface area (Å²) in [5.74, 6) is -0.513. The van der Waals surface area contributed by atoms with E-state index < -0.39 is 10.0 Å². The zero-order valence-corrected chi connectivity index (χ0v) is 14.9. The lowest BCUT2D eigenvalue weighted by atomic mass is 10.0. The zero-order valence-electron chi connectivity index (χ0n) is 14.1. The molecule has 1 unspecified atom stereocenters. The van der Waals surface area contributed by atoms with Gasteiger partial charge in [0.1, 0.15) is 5.82 Å². The number of sulfonamides is 1. The van der Waals surface area contributed by atoms with Crippen molar-refractivity contribution in [2.75, 3.05) is 6.54 Å². The van der Waals surface area contributed by atoms with Gasteiger partial charge in [0, 0.05) is 25.0 Å². The third kappa shape index (κ3) is 3.18. The SMILES string of the molecule is O=S(=O)(Cc1ccc(F)cc1)N1CCn2cccc2C1c1ccccc1. The topological polar surface area (TPSA) is 42.3 Å². The van der Waals surface area contributed by atoms with Gasteiger partial charge >= 0.3 is 0 Å². The van der Waals surface area contributed by atoms with Crippen LogP contribution in [0.4, 0.5) is 4.39 Å². The summed E-state index contributed by atoms with van der Waals surface area (Å²) in [5.41, 5.74) is 2.49. The molecule has 0 spiro atoms. The number of hydrogen-bond donors (Lipinski definition) is 0. The number of aromatic nitrogens is 1. The molecule has 1 aliphatic heterocycles. The molecule has 0 N–H and O–H groups in total. The monoisotopic (exact) mass is 370 g/mol. The Labute approximate surface area is 152 Å². The fourth-order valence-electron chi connectivity index (χ4n) is 3.51. The molecule has 134 valence electrons. The minimum absolute atomic E-state index is 0.142. The van der Waals surface area contributed by atoms with Crippen molar-refractivity contribution < 1.29 is 12.8 Å². The molecular formula is C20H19FN2O2S. The molecular weight excluding hydrogens is 351 g/mol. The first kappa shape index (κ1) is 17.0. The molecule has 2 heterocycles. The summed E-state index contributed by atoms with van der Waals surface area (Å²) in [7, 11) is -3.57. The first-order chi connectivity index (χ1) is 12.5. The Kier molecular flexibility index (Phi) is 4.38. The van der Waals surface area contributed by atoms with Crippen LogP contribution in [0.5, 0.6) is 0 Å². The van der Waals surface area contributed by atoms with E-state index in [0.29, 0.717) is 18.7 Å². The third-order valence-corrected chi connectivity index (χ3v) is 6.54. The Balaban J connectivity index is 1.73. The molecule has 2 aromatic carbocycles. The van der Waals surface area contributed by atoms with E-state index in [4.69, 9.17) is 0 Å². The van der Waals surface area contributed by atoms with Crippen LogP contribution in [0.2, 0.25) is 0 Å². The maximum Gasteiger partial charge on any atom is 0.219 e. The number of halogens is 1. The van der Waals surface area contributed by atoms with Gasteiger partial charge in [-0.3, -0.25) is 0 Å². The van der Waals surface area contributed by atoms with E-state index in [9.17, 15) is 12.8 Å². The van der Waals surface area contributed by atoms with Crippen LogP contribution in [-0.2, 0) is 22.3 Å². The van der Waals surface area contributed by atoms with E-state index in [1.54, 1.807) is 4.31 Å². The Morgan fingerprint density at radius 1 is 0.923 bits per heavy atom. The van der Waals surface area contributed by atoms with Crippen LogP contribution >= 0.6 is 0 Å². The lowest BCUT2D eigenvalue weighted by molar-refractivity contribution is 0.298. The number of benzene rings is 2. The van der Waals surface area contributed by atoms with Gasteiger partial charge in [0.05, 0.1) is 11.8 Å². The molecule has 1 aromatic heterocycles. The van der Waals surface area contributed by atoms with Crippen molar-refractivity contribution >= 4 is 10.0 Å². The number of fused-ring (bicyclic) bond motifs is 1. The summed E-state index contributed by atoms with van der Waals surface area (Å²) in [6.45, 7) is 1.03. The molecule has 1 aliphatic rings. The van der Waals surface area contributed by atoms with Crippen molar-refractivity contribution in [3.8, 4) is 0 Å². The van der Waals surface area contributed by atoms with Gasteiger partial charge in [0.15, 0.2) is 0 Å². The highest BCUT2D eigenvalue weighted by molar-refractivity contribution is 7.88. The van der Waals surface area contributed by atoms with E-state index in [-0.39, 0.29) is 17.6 Å². The van der Waals surface area contributed by atoms with Gasteiger partial charge in [-0.25, -0.2) is 12.8 Å². The van der Waals surface area contributed by atoms with Gasteiger partial charge in [-0.05, 0) is 35.4 Å². The maximum absolute atomic E-state index is 13.2. The fraction of sp³-hybridized carbons (Fsp3) is 0.200. The fourth-order valence-corrected chi connectivity index (χ4v) is 5.20. The van der Waals surface area contributed by atoms with Crippen molar-refractivity contribution in [1.29, 1.82) is 0 Å². The molecule has 0 radical (unpaired) electrons. The van der Waals surface area contributed by atoms with Gasteiger partial charge in [-0.2, -0.15) is 4.31 Å². The van der Waals surface area contributed by atoms with E-state index in [1.165, 1.54) is 24.3 Å². The predicted octanol–water partition coefficient (Wildman–Crippen LogP) is 3.56. The molecule has 1 atom stereocenters. The van der Waals surface area contributed by atoms with Crippen LogP contribution in [0.3, 0.4) is 0 Å². The molecule has 4 nitrogen and oxygen atoms in total. The largest absolute Gasteiger partial charge is 0.348 e. The normalized spacial score (nSPS) is 17.8. The average Bonchev–Trinajstić information content (AvgIpc) is 3.12. The predicted molar refractivity (Wildman–Crippen MR) is 98.4 cm³/mol. The van der Waals surface area contributed by atoms with Crippen LogP contribution in [-0.4, -0.2) is 23.8 Å². The summed E-state index contributed by atoms with van der Waals surface area (Å²) >= 11 is 0. The Morgan fingerprint density at radius 2 is 1.65 bits per heavy atom. The minimum atomic E-state index is -3.57. The quantitative estimate of drug-likeness (QED) is 0.705. The Bertz CT molecular complexity index is 998. The van der Waals surface area contributed by atoms with Crippen LogP contribution in [0.1, 0.15) is 22.9 Å². The van der Waals surface area contributed by atoms with E-state index >= 15 is 0 Å². The second-order valence-corrected chi connectivity index (χ2v) is 8.35. The first-order valence-electron chi connectivity index (χ1n) is 8.48. The highest BCUT2D eigenvalue weighted by atomic mass is 32.2. The Morgan fingerprint density at radius 3 is 2.38 bits per heavy atom. The van der Waals surface area contributed by atoms with Crippen molar-refractivity contribution in [1.82, 2.24) is 8.87 Å². The van der Waals surface area contributed by atoms with Crippen molar-refractivity contribution in [3.05, 3.63) is 95.6 Å². The standard InChI is InChI=1S/C20H19FN2O2S/c21-18-10-8-16(9-11-18)15-26(24,25)23-14-13-22-12-4-7-19(22)20(23)17-5-2-1-3-6-17/h1-12,20H,13-15H2. The molecule has 0 amide bonds. The lowest BCUT2D eigenvalue weighted by Gasteiger charge is -2.36. The molecule has 0 fully saturated rings. The van der Waals surface area contributed by atoms with Crippen molar-refractivity contribution in [2.45, 2.75) is 18.3 Å². The lowest BCUT2D eigenvalue weighted by Crippen LogP contribution is -2.42. The number of hydrogen-bond acceptors (Lipinski definition) is 2. The molecule has 26 heavy (non-hydrogen) atoms. The molecule has 3 aromatic rings. The van der Waals surface area contributed by atoms with Gasteiger partial charge in [0.2, 0.25) is 10.0 Å². The smallest absolute Gasteiger partial charge is 0.219 e. The summed E-state index contributed by atoms with van der Waals surface area (Å²) < 4.78 is 43.2. The van der Waals surface area contributed by atoms with Crippen LogP contribution in [0.15, 0.2) is 72.9 Å². The molecule has 0 bridgehead atoms. The second-order valence-electron chi connectivity index (χ2n) is 6.43. The maximum atomic E-state index is 13.2. The molecule has 4 rings (SSSR count). The summed E-state index contributed by atoms with van der Waals surface area (Å²) in [5, 5.41) is 0. The third-order valence-electron chi connectivity index (χ3n) is 4.73. The van der Waals surface area contributed by atoms with E-state index in [1.807, 2.05) is 48.7 Å². The summed E-state index contributed by atoms with van der Waals surface area (Å²) in [6.07, 6.45) is 1.98. The van der Waals surface area contributed by atoms with Gasteiger partial charge < -0.3 is 4.57 Å². The Hall–Kier alpha value is -2.44. The second kappa shape index (κ2) is 6.70. The minimum Gasteiger partial charge on any atom is -0.348 e. The number of nitrogens with zero attached hydrogens (tertiary/aromatic N) is 2. The van der Waals surface area contributed by atoms with Gasteiger partial charge in [-0.1, -0.05) is 42.5 Å².